The van der Waals surface area contributed by atoms with E-state index in [9.17, 15) is 22.0 Å². The minimum absolute atomic E-state index is 0.203. The molecule has 2 aliphatic heterocycles. The van der Waals surface area contributed by atoms with Crippen molar-refractivity contribution < 1.29 is 22.0 Å². The van der Waals surface area contributed by atoms with Crippen molar-refractivity contribution >= 4 is 27.5 Å². The van der Waals surface area contributed by atoms with Gasteiger partial charge in [0.25, 0.3) is 0 Å². The summed E-state index contributed by atoms with van der Waals surface area (Å²) in [4.78, 5) is 14.4. The maximum atomic E-state index is 14.2. The number of halogens is 3. The van der Waals surface area contributed by atoms with E-state index in [4.69, 9.17) is 11.6 Å². The van der Waals surface area contributed by atoms with Gasteiger partial charge in [-0.2, -0.15) is 4.31 Å². The van der Waals surface area contributed by atoms with E-state index >= 15 is 0 Å². The summed E-state index contributed by atoms with van der Waals surface area (Å²) in [5, 5.41) is -0.349. The summed E-state index contributed by atoms with van der Waals surface area (Å²) in [5.41, 5.74) is 2.15. The number of sulfonamides is 1. The monoisotopic (exact) mass is 440 g/mol. The Morgan fingerprint density at radius 3 is 2.59 bits per heavy atom. The minimum Gasteiger partial charge on any atom is -0.337 e. The van der Waals surface area contributed by atoms with Gasteiger partial charge in [0.05, 0.1) is 9.92 Å². The summed E-state index contributed by atoms with van der Waals surface area (Å²) in [7, 11) is -4.21. The molecule has 0 aliphatic carbocycles. The quantitative estimate of drug-likeness (QED) is 0.736. The number of hydrogen-bond donors (Lipinski definition) is 0. The molecule has 0 spiro atoms. The Morgan fingerprint density at radius 2 is 1.86 bits per heavy atom. The molecule has 2 heterocycles. The first-order valence-electron chi connectivity index (χ1n) is 9.24. The first kappa shape index (κ1) is 20.3. The predicted molar refractivity (Wildman–Crippen MR) is 104 cm³/mol. The molecule has 1 saturated heterocycles. The number of fused-ring (bicyclic) bond motifs is 1. The van der Waals surface area contributed by atoms with Crippen molar-refractivity contribution in [2.24, 2.45) is 0 Å². The molecule has 0 saturated carbocycles. The average Bonchev–Trinajstić information content (AvgIpc) is 3.11. The number of alkyl halides is 1. The summed E-state index contributed by atoms with van der Waals surface area (Å²) < 4.78 is 54.6. The Kier molecular flexibility index (Phi) is 5.35. The van der Waals surface area contributed by atoms with Gasteiger partial charge in [-0.05, 0) is 35.7 Å². The first-order chi connectivity index (χ1) is 13.8. The van der Waals surface area contributed by atoms with Gasteiger partial charge in [0.15, 0.2) is 0 Å². The molecular weight excluding hydrogens is 422 g/mol. The van der Waals surface area contributed by atoms with Gasteiger partial charge in [-0.25, -0.2) is 17.2 Å². The Balaban J connectivity index is 1.61. The number of carbonyl (C=O) groups is 1. The van der Waals surface area contributed by atoms with Crippen LogP contribution in [0, 0.1) is 5.82 Å². The number of carbonyl (C=O) groups excluding carboxylic acids is 1. The van der Waals surface area contributed by atoms with Crippen LogP contribution in [0.4, 0.5) is 8.78 Å². The molecule has 1 amide bonds. The number of rotatable bonds is 3. The van der Waals surface area contributed by atoms with Gasteiger partial charge in [-0.3, -0.25) is 4.79 Å². The van der Waals surface area contributed by atoms with Crippen molar-refractivity contribution in [1.82, 2.24) is 9.21 Å². The molecule has 2 aromatic rings. The van der Waals surface area contributed by atoms with Crippen LogP contribution in [0.2, 0.25) is 5.02 Å². The van der Waals surface area contributed by atoms with Crippen molar-refractivity contribution in [2.45, 2.75) is 36.5 Å². The molecule has 1 fully saturated rings. The van der Waals surface area contributed by atoms with Gasteiger partial charge in [0.2, 0.25) is 15.9 Å². The lowest BCUT2D eigenvalue weighted by molar-refractivity contribution is -0.135. The standard InChI is InChI=1S/C20H19ClF2N2O3S/c21-17-10-16(5-6-18(17)23)29(27,28)25-12-15(22)9-19(25)20(26)24-8-7-13-3-1-2-4-14(13)11-24/h1-6,10,15,19H,7-9,11-12H2/t15-,19-/m0/s1. The average molecular weight is 441 g/mol. The highest BCUT2D eigenvalue weighted by atomic mass is 35.5. The maximum Gasteiger partial charge on any atom is 0.243 e. The van der Waals surface area contributed by atoms with Crippen LogP contribution in [-0.2, 0) is 27.8 Å². The lowest BCUT2D eigenvalue weighted by Gasteiger charge is -2.33. The van der Waals surface area contributed by atoms with Crippen molar-refractivity contribution in [3.8, 4) is 0 Å². The van der Waals surface area contributed by atoms with Crippen LogP contribution in [0.25, 0.3) is 0 Å². The molecule has 0 bridgehead atoms. The molecule has 0 radical (unpaired) electrons. The van der Waals surface area contributed by atoms with E-state index in [1.807, 2.05) is 24.3 Å². The minimum atomic E-state index is -4.21. The smallest absolute Gasteiger partial charge is 0.243 e. The number of hydrogen-bond acceptors (Lipinski definition) is 3. The van der Waals surface area contributed by atoms with Crippen molar-refractivity contribution in [3.63, 3.8) is 0 Å². The van der Waals surface area contributed by atoms with Crippen molar-refractivity contribution in [3.05, 3.63) is 64.4 Å². The van der Waals surface area contributed by atoms with E-state index < -0.39 is 40.5 Å². The van der Waals surface area contributed by atoms with Gasteiger partial charge >= 0.3 is 0 Å². The Morgan fingerprint density at radius 1 is 1.14 bits per heavy atom. The van der Waals surface area contributed by atoms with Crippen LogP contribution in [0.3, 0.4) is 0 Å². The van der Waals surface area contributed by atoms with Crippen LogP contribution in [0.15, 0.2) is 47.4 Å². The SMILES string of the molecule is O=C([C@@H]1C[C@H](F)CN1S(=O)(=O)c1ccc(F)c(Cl)c1)N1CCc2ccccc2C1. The lowest BCUT2D eigenvalue weighted by atomic mass is 9.99. The second-order valence-corrected chi connectivity index (χ2v) is 9.58. The zero-order valence-electron chi connectivity index (χ0n) is 15.4. The van der Waals surface area contributed by atoms with E-state index in [0.717, 1.165) is 33.6 Å². The van der Waals surface area contributed by atoms with E-state index in [-0.39, 0.29) is 16.3 Å². The Hall–Kier alpha value is -2.03. The molecule has 2 aliphatic rings. The van der Waals surface area contributed by atoms with Crippen LogP contribution in [0.1, 0.15) is 17.5 Å². The zero-order chi connectivity index (χ0) is 20.8. The van der Waals surface area contributed by atoms with E-state index in [1.165, 1.54) is 0 Å². The summed E-state index contributed by atoms with van der Waals surface area (Å²) >= 11 is 5.72. The topological polar surface area (TPSA) is 57.7 Å². The molecule has 0 unspecified atom stereocenters. The normalized spacial score (nSPS) is 22.5. The summed E-state index contributed by atoms with van der Waals surface area (Å²) in [6.45, 7) is 0.385. The van der Waals surface area contributed by atoms with E-state index in [2.05, 4.69) is 0 Å². The molecule has 0 N–H and O–H groups in total. The molecule has 4 rings (SSSR count). The van der Waals surface area contributed by atoms with Gasteiger partial charge in [0.1, 0.15) is 18.0 Å². The molecule has 5 nitrogen and oxygen atoms in total. The fraction of sp³-hybridized carbons (Fsp3) is 0.350. The summed E-state index contributed by atoms with van der Waals surface area (Å²) in [6, 6.07) is 9.60. The van der Waals surface area contributed by atoms with Gasteiger partial charge in [0, 0.05) is 26.1 Å². The van der Waals surface area contributed by atoms with E-state index in [1.54, 1.807) is 4.90 Å². The Bertz CT molecular complexity index is 1060. The number of amides is 1. The summed E-state index contributed by atoms with van der Waals surface area (Å²) in [6.07, 6.45) is -0.995. The molecule has 0 aromatic heterocycles. The fourth-order valence-corrected chi connectivity index (χ4v) is 5.81. The highest BCUT2D eigenvalue weighted by Gasteiger charge is 2.46. The molecule has 2 aromatic carbocycles. The third-order valence-electron chi connectivity index (χ3n) is 5.43. The molecule has 2 atom stereocenters. The third-order valence-corrected chi connectivity index (χ3v) is 7.59. The summed E-state index contributed by atoms with van der Waals surface area (Å²) in [5.74, 6) is -1.17. The lowest BCUT2D eigenvalue weighted by Crippen LogP contribution is -2.49. The van der Waals surface area contributed by atoms with Gasteiger partial charge < -0.3 is 4.90 Å². The molecule has 9 heteroatoms. The van der Waals surface area contributed by atoms with Crippen LogP contribution in [-0.4, -0.2) is 48.8 Å². The van der Waals surface area contributed by atoms with Crippen molar-refractivity contribution in [2.75, 3.05) is 13.1 Å². The number of nitrogens with zero attached hydrogens (tertiary/aromatic N) is 2. The molecular formula is C20H19ClF2N2O3S. The second-order valence-electron chi connectivity index (χ2n) is 7.28. The van der Waals surface area contributed by atoms with Gasteiger partial charge in [-0.1, -0.05) is 35.9 Å². The van der Waals surface area contributed by atoms with Crippen molar-refractivity contribution in [1.29, 1.82) is 0 Å². The van der Waals surface area contributed by atoms with Crippen LogP contribution in [0.5, 0.6) is 0 Å². The Labute approximate surface area is 172 Å². The molecule has 29 heavy (non-hydrogen) atoms. The highest BCUT2D eigenvalue weighted by molar-refractivity contribution is 7.89. The maximum absolute atomic E-state index is 14.2. The third kappa shape index (κ3) is 3.76. The predicted octanol–water partition coefficient (Wildman–Crippen LogP) is 3.17. The highest BCUT2D eigenvalue weighted by Crippen LogP contribution is 2.31. The zero-order valence-corrected chi connectivity index (χ0v) is 17.0. The van der Waals surface area contributed by atoms with Crippen LogP contribution >= 0.6 is 11.6 Å². The molecule has 154 valence electrons. The van der Waals surface area contributed by atoms with Gasteiger partial charge in [-0.15, -0.1) is 0 Å². The number of benzene rings is 2. The fourth-order valence-electron chi connectivity index (χ4n) is 3.91. The van der Waals surface area contributed by atoms with E-state index in [0.29, 0.717) is 19.5 Å². The first-order valence-corrected chi connectivity index (χ1v) is 11.1. The second kappa shape index (κ2) is 7.66. The largest absolute Gasteiger partial charge is 0.337 e. The van der Waals surface area contributed by atoms with Crippen LogP contribution < -0.4 is 0 Å².